The Morgan fingerprint density at radius 2 is 1.88 bits per heavy atom. The van der Waals surface area contributed by atoms with Crippen LogP contribution in [-0.2, 0) is 6.42 Å². The highest BCUT2D eigenvalue weighted by atomic mass is 35.5. The molecule has 0 aliphatic heterocycles. The molecule has 1 aromatic carbocycles. The second kappa shape index (κ2) is 6.63. The summed E-state index contributed by atoms with van der Waals surface area (Å²) in [7, 11) is 0. The van der Waals surface area contributed by atoms with Crippen molar-refractivity contribution in [3.05, 3.63) is 33.8 Å². The van der Waals surface area contributed by atoms with Crippen molar-refractivity contribution in [2.45, 2.75) is 44.6 Å². The van der Waals surface area contributed by atoms with E-state index >= 15 is 0 Å². The molecule has 0 atom stereocenters. The van der Waals surface area contributed by atoms with Gasteiger partial charge in [0.15, 0.2) is 0 Å². The predicted octanol–water partition coefficient (Wildman–Crippen LogP) is 4.46. The van der Waals surface area contributed by atoms with Gasteiger partial charge in [-0.25, -0.2) is 0 Å². The van der Waals surface area contributed by atoms with Crippen molar-refractivity contribution in [1.82, 2.24) is 5.32 Å². The minimum atomic E-state index is 0.710. The maximum absolute atomic E-state index is 6.13. The number of rotatable bonds is 4. The highest BCUT2D eigenvalue weighted by Gasteiger charge is 2.12. The van der Waals surface area contributed by atoms with Crippen LogP contribution >= 0.6 is 23.2 Å². The van der Waals surface area contributed by atoms with E-state index in [9.17, 15) is 0 Å². The molecule has 1 aliphatic rings. The van der Waals surface area contributed by atoms with Crippen molar-refractivity contribution in [3.63, 3.8) is 0 Å². The largest absolute Gasteiger partial charge is 0.314 e. The monoisotopic (exact) mass is 271 g/mol. The fourth-order valence-corrected chi connectivity index (χ4v) is 2.86. The highest BCUT2D eigenvalue weighted by molar-refractivity contribution is 6.33. The number of benzene rings is 1. The smallest absolute Gasteiger partial charge is 0.0439 e. The maximum Gasteiger partial charge on any atom is 0.0439 e. The molecule has 1 saturated carbocycles. The number of halogens is 2. The first-order valence-electron chi connectivity index (χ1n) is 6.43. The number of hydrogen-bond donors (Lipinski definition) is 1. The Kier molecular flexibility index (Phi) is 5.15. The third-order valence-corrected chi connectivity index (χ3v) is 4.04. The SMILES string of the molecule is Clc1ccc(Cl)c(CCNC2CCCCC2)c1. The first-order chi connectivity index (χ1) is 8.25. The lowest BCUT2D eigenvalue weighted by Gasteiger charge is -2.22. The van der Waals surface area contributed by atoms with E-state index in [1.165, 1.54) is 32.1 Å². The van der Waals surface area contributed by atoms with E-state index in [-0.39, 0.29) is 0 Å². The topological polar surface area (TPSA) is 12.0 Å². The van der Waals surface area contributed by atoms with Crippen LogP contribution in [0.3, 0.4) is 0 Å². The molecule has 0 unspecified atom stereocenters. The predicted molar refractivity (Wildman–Crippen MR) is 75.0 cm³/mol. The highest BCUT2D eigenvalue weighted by Crippen LogP contribution is 2.21. The molecule has 0 aromatic heterocycles. The van der Waals surface area contributed by atoms with Gasteiger partial charge in [0.25, 0.3) is 0 Å². The van der Waals surface area contributed by atoms with E-state index in [1.54, 1.807) is 0 Å². The Morgan fingerprint density at radius 3 is 2.65 bits per heavy atom. The summed E-state index contributed by atoms with van der Waals surface area (Å²) in [6.07, 6.45) is 7.74. The van der Waals surface area contributed by atoms with Crippen LogP contribution < -0.4 is 5.32 Å². The minimum absolute atomic E-state index is 0.710. The molecular formula is C14H19Cl2N. The van der Waals surface area contributed by atoms with E-state index in [4.69, 9.17) is 23.2 Å². The number of hydrogen-bond acceptors (Lipinski definition) is 1. The summed E-state index contributed by atoms with van der Waals surface area (Å²) < 4.78 is 0. The lowest BCUT2D eigenvalue weighted by molar-refractivity contribution is 0.375. The number of nitrogens with one attached hydrogen (secondary N) is 1. The van der Waals surface area contributed by atoms with Crippen molar-refractivity contribution in [1.29, 1.82) is 0 Å². The Balaban J connectivity index is 1.79. The average Bonchev–Trinajstić information content (AvgIpc) is 2.35. The first-order valence-corrected chi connectivity index (χ1v) is 7.18. The van der Waals surface area contributed by atoms with Crippen LogP contribution in [0.25, 0.3) is 0 Å². The van der Waals surface area contributed by atoms with E-state index in [2.05, 4.69) is 5.32 Å². The van der Waals surface area contributed by atoms with Gasteiger partial charge >= 0.3 is 0 Å². The standard InChI is InChI=1S/C14H19Cl2N/c15-12-6-7-14(16)11(10-12)8-9-17-13-4-2-1-3-5-13/h6-7,10,13,17H,1-5,8-9H2. The quantitative estimate of drug-likeness (QED) is 0.853. The Labute approximate surface area is 114 Å². The van der Waals surface area contributed by atoms with Crippen LogP contribution in [0.5, 0.6) is 0 Å². The van der Waals surface area contributed by atoms with E-state index in [0.29, 0.717) is 6.04 Å². The van der Waals surface area contributed by atoms with Crippen LogP contribution in [0.1, 0.15) is 37.7 Å². The van der Waals surface area contributed by atoms with Gasteiger partial charge in [-0.1, -0.05) is 42.5 Å². The third kappa shape index (κ3) is 4.17. The molecule has 1 aromatic rings. The molecule has 1 N–H and O–H groups in total. The van der Waals surface area contributed by atoms with Crippen molar-refractivity contribution < 1.29 is 0 Å². The molecule has 0 heterocycles. The zero-order chi connectivity index (χ0) is 12.1. The van der Waals surface area contributed by atoms with Crippen LogP contribution in [0.15, 0.2) is 18.2 Å². The molecular weight excluding hydrogens is 253 g/mol. The van der Waals surface area contributed by atoms with Gasteiger partial charge in [0.1, 0.15) is 0 Å². The summed E-state index contributed by atoms with van der Waals surface area (Å²) in [6, 6.07) is 6.38. The summed E-state index contributed by atoms with van der Waals surface area (Å²) in [4.78, 5) is 0. The van der Waals surface area contributed by atoms with E-state index in [0.717, 1.165) is 28.6 Å². The molecule has 3 heteroatoms. The molecule has 0 spiro atoms. The van der Waals surface area contributed by atoms with Gasteiger partial charge < -0.3 is 5.32 Å². The van der Waals surface area contributed by atoms with Crippen molar-refractivity contribution in [2.24, 2.45) is 0 Å². The Bertz CT molecular complexity index is 359. The van der Waals surface area contributed by atoms with Crippen LogP contribution in [0.4, 0.5) is 0 Å². The van der Waals surface area contributed by atoms with Crippen LogP contribution in [0, 0.1) is 0 Å². The minimum Gasteiger partial charge on any atom is -0.314 e. The van der Waals surface area contributed by atoms with Gasteiger partial charge in [-0.2, -0.15) is 0 Å². The van der Waals surface area contributed by atoms with E-state index in [1.807, 2.05) is 18.2 Å². The van der Waals surface area contributed by atoms with Crippen molar-refractivity contribution in [3.8, 4) is 0 Å². The van der Waals surface area contributed by atoms with E-state index < -0.39 is 0 Å². The lowest BCUT2D eigenvalue weighted by Crippen LogP contribution is -2.32. The molecule has 1 aliphatic carbocycles. The molecule has 1 nitrogen and oxygen atoms in total. The van der Waals surface area contributed by atoms with Crippen LogP contribution in [0.2, 0.25) is 10.0 Å². The lowest BCUT2D eigenvalue weighted by atomic mass is 9.95. The molecule has 0 saturated heterocycles. The van der Waals surface area contributed by atoms with Crippen LogP contribution in [-0.4, -0.2) is 12.6 Å². The summed E-state index contributed by atoms with van der Waals surface area (Å²) >= 11 is 12.1. The molecule has 1 fully saturated rings. The van der Waals surface area contributed by atoms with Gasteiger partial charge in [0.05, 0.1) is 0 Å². The van der Waals surface area contributed by atoms with Crippen molar-refractivity contribution in [2.75, 3.05) is 6.54 Å². The second-order valence-electron chi connectivity index (χ2n) is 4.77. The van der Waals surface area contributed by atoms with Gasteiger partial charge in [-0.15, -0.1) is 0 Å². The fourth-order valence-electron chi connectivity index (χ4n) is 2.45. The van der Waals surface area contributed by atoms with Gasteiger partial charge in [0, 0.05) is 16.1 Å². The summed E-state index contributed by atoms with van der Waals surface area (Å²) in [5.74, 6) is 0. The molecule has 0 radical (unpaired) electrons. The fraction of sp³-hybridized carbons (Fsp3) is 0.571. The van der Waals surface area contributed by atoms with Crippen molar-refractivity contribution >= 4 is 23.2 Å². The summed E-state index contributed by atoms with van der Waals surface area (Å²) in [5.41, 5.74) is 1.14. The average molecular weight is 272 g/mol. The second-order valence-corrected chi connectivity index (χ2v) is 5.62. The summed E-state index contributed by atoms with van der Waals surface area (Å²) in [5, 5.41) is 5.20. The Hall–Kier alpha value is -0.240. The third-order valence-electron chi connectivity index (χ3n) is 3.44. The zero-order valence-corrected chi connectivity index (χ0v) is 11.5. The molecule has 2 rings (SSSR count). The molecule has 0 amide bonds. The van der Waals surface area contributed by atoms with Gasteiger partial charge in [-0.3, -0.25) is 0 Å². The normalized spacial score (nSPS) is 17.3. The molecule has 0 bridgehead atoms. The zero-order valence-electron chi connectivity index (χ0n) is 10.0. The molecule has 17 heavy (non-hydrogen) atoms. The van der Waals surface area contributed by atoms with Gasteiger partial charge in [-0.05, 0) is 49.6 Å². The maximum atomic E-state index is 6.13. The Morgan fingerprint density at radius 1 is 1.12 bits per heavy atom. The summed E-state index contributed by atoms with van der Waals surface area (Å²) in [6.45, 7) is 0.991. The first kappa shape index (κ1) is 13.2. The van der Waals surface area contributed by atoms with Gasteiger partial charge in [0.2, 0.25) is 0 Å². The molecule has 94 valence electrons.